The standard InChI is InChI=1S/C15H25Cl2NO4P2/c1-3-21-23(16,19)12-10-18(11-13-24(17,20)22-4-2)14-15-8-6-5-7-9-15/h5-9H,3-4,10-14H2,1-2H3. The van der Waals surface area contributed by atoms with Gasteiger partial charge in [-0.25, -0.2) is 0 Å². The van der Waals surface area contributed by atoms with Gasteiger partial charge in [-0.3, -0.25) is 14.0 Å². The van der Waals surface area contributed by atoms with Gasteiger partial charge in [0.05, 0.1) is 25.5 Å². The van der Waals surface area contributed by atoms with E-state index >= 15 is 0 Å². The summed E-state index contributed by atoms with van der Waals surface area (Å²) in [5, 5.41) is 0. The number of hydrogen-bond acceptors (Lipinski definition) is 5. The second-order valence-electron chi connectivity index (χ2n) is 5.23. The van der Waals surface area contributed by atoms with Crippen LogP contribution in [0.1, 0.15) is 19.4 Å². The quantitative estimate of drug-likeness (QED) is 0.426. The molecule has 9 heteroatoms. The van der Waals surface area contributed by atoms with E-state index in [1.165, 1.54) is 0 Å². The molecular weight excluding hydrogens is 391 g/mol. The molecular formula is C15H25Cl2NO4P2. The predicted molar refractivity (Wildman–Crippen MR) is 102 cm³/mol. The molecule has 0 N–H and O–H groups in total. The topological polar surface area (TPSA) is 55.8 Å². The number of nitrogens with zero attached hydrogens (tertiary/aromatic N) is 1. The molecule has 0 aliphatic heterocycles. The van der Waals surface area contributed by atoms with Crippen LogP contribution in [0.5, 0.6) is 0 Å². The first kappa shape index (κ1) is 22.2. The highest BCUT2D eigenvalue weighted by atomic mass is 35.7. The maximum Gasteiger partial charge on any atom is 0.291 e. The minimum absolute atomic E-state index is 0.219. The first-order valence-electron chi connectivity index (χ1n) is 7.91. The molecule has 0 spiro atoms. The van der Waals surface area contributed by atoms with Gasteiger partial charge in [-0.15, -0.1) is 0 Å². The van der Waals surface area contributed by atoms with Crippen LogP contribution in [0.25, 0.3) is 0 Å². The summed E-state index contributed by atoms with van der Waals surface area (Å²) >= 11 is 11.8. The average molecular weight is 416 g/mol. The van der Waals surface area contributed by atoms with Crippen LogP contribution < -0.4 is 0 Å². The lowest BCUT2D eigenvalue weighted by atomic mass is 10.2. The van der Waals surface area contributed by atoms with Gasteiger partial charge in [0.15, 0.2) is 0 Å². The first-order valence-corrected chi connectivity index (χ1v) is 13.3. The van der Waals surface area contributed by atoms with Gasteiger partial charge in [0.2, 0.25) is 0 Å². The van der Waals surface area contributed by atoms with Gasteiger partial charge in [-0.05, 0) is 41.9 Å². The van der Waals surface area contributed by atoms with Gasteiger partial charge in [-0.1, -0.05) is 30.3 Å². The molecule has 0 fully saturated rings. The fraction of sp³-hybridized carbons (Fsp3) is 0.600. The molecule has 0 radical (unpaired) electrons. The predicted octanol–water partition coefficient (Wildman–Crippen LogP) is 5.43. The molecule has 0 saturated heterocycles. The molecule has 0 bridgehead atoms. The van der Waals surface area contributed by atoms with E-state index < -0.39 is 13.4 Å². The van der Waals surface area contributed by atoms with Gasteiger partial charge in [0, 0.05) is 19.6 Å². The van der Waals surface area contributed by atoms with Crippen molar-refractivity contribution >= 4 is 35.9 Å². The third kappa shape index (κ3) is 9.58. The lowest BCUT2D eigenvalue weighted by Gasteiger charge is -2.24. The van der Waals surface area contributed by atoms with Gasteiger partial charge in [0.25, 0.3) is 13.4 Å². The maximum absolute atomic E-state index is 12.1. The van der Waals surface area contributed by atoms with Crippen LogP contribution in [0, 0.1) is 0 Å². The lowest BCUT2D eigenvalue weighted by molar-refractivity contribution is 0.281. The van der Waals surface area contributed by atoms with Gasteiger partial charge >= 0.3 is 0 Å². The Kier molecular flexibility index (Phi) is 10.1. The van der Waals surface area contributed by atoms with Crippen LogP contribution in [0.3, 0.4) is 0 Å². The van der Waals surface area contributed by atoms with Crippen molar-refractivity contribution in [2.24, 2.45) is 0 Å². The zero-order chi connectivity index (χ0) is 18.1. The number of benzene rings is 1. The number of hydrogen-bond donors (Lipinski definition) is 0. The van der Waals surface area contributed by atoms with E-state index in [1.54, 1.807) is 13.8 Å². The minimum Gasteiger partial charge on any atom is -0.318 e. The third-order valence-corrected chi connectivity index (χ3v) is 7.62. The summed E-state index contributed by atoms with van der Waals surface area (Å²) in [6.45, 7) is -0.612. The third-order valence-electron chi connectivity index (χ3n) is 3.26. The van der Waals surface area contributed by atoms with Crippen molar-refractivity contribution in [3.63, 3.8) is 0 Å². The largest absolute Gasteiger partial charge is 0.318 e. The zero-order valence-electron chi connectivity index (χ0n) is 14.1. The first-order chi connectivity index (χ1) is 11.3. The van der Waals surface area contributed by atoms with Gasteiger partial charge < -0.3 is 9.05 Å². The Morgan fingerprint density at radius 1 is 0.917 bits per heavy atom. The fourth-order valence-corrected chi connectivity index (χ4v) is 5.26. The fourth-order valence-electron chi connectivity index (χ4n) is 2.15. The summed E-state index contributed by atoms with van der Waals surface area (Å²) < 4.78 is 34.4. The normalized spacial score (nSPS) is 16.7. The van der Waals surface area contributed by atoms with E-state index in [4.69, 9.17) is 31.5 Å². The molecule has 1 aromatic rings. The Labute approximate surface area is 154 Å². The molecule has 0 heterocycles. The monoisotopic (exact) mass is 415 g/mol. The average Bonchev–Trinajstić information content (AvgIpc) is 2.51. The molecule has 24 heavy (non-hydrogen) atoms. The van der Waals surface area contributed by atoms with Crippen molar-refractivity contribution < 1.29 is 18.2 Å². The van der Waals surface area contributed by atoms with E-state index in [-0.39, 0.29) is 12.3 Å². The molecule has 1 aromatic carbocycles. The molecule has 2 unspecified atom stereocenters. The Balaban J connectivity index is 2.68. The summed E-state index contributed by atoms with van der Waals surface area (Å²) in [4.78, 5) is 2.01. The van der Waals surface area contributed by atoms with Crippen LogP contribution in [-0.2, 0) is 24.7 Å². The molecule has 2 atom stereocenters. The zero-order valence-corrected chi connectivity index (χ0v) is 17.4. The van der Waals surface area contributed by atoms with E-state index in [9.17, 15) is 9.13 Å². The Morgan fingerprint density at radius 2 is 1.38 bits per heavy atom. The highest BCUT2D eigenvalue weighted by molar-refractivity contribution is 7.85. The molecule has 0 saturated carbocycles. The molecule has 0 aromatic heterocycles. The lowest BCUT2D eigenvalue weighted by Crippen LogP contribution is -2.29. The van der Waals surface area contributed by atoms with Crippen LogP contribution in [0.2, 0.25) is 0 Å². The van der Waals surface area contributed by atoms with Crippen molar-refractivity contribution in [1.29, 1.82) is 0 Å². The van der Waals surface area contributed by atoms with E-state index in [0.29, 0.717) is 32.8 Å². The number of halogens is 2. The highest BCUT2D eigenvalue weighted by Gasteiger charge is 2.23. The second-order valence-corrected chi connectivity index (χ2v) is 12.1. The second kappa shape index (κ2) is 11.0. The molecule has 0 aliphatic carbocycles. The van der Waals surface area contributed by atoms with Crippen molar-refractivity contribution in [2.45, 2.75) is 20.4 Å². The van der Waals surface area contributed by atoms with Crippen molar-refractivity contribution in [3.05, 3.63) is 35.9 Å². The number of rotatable bonds is 12. The maximum atomic E-state index is 12.1. The summed E-state index contributed by atoms with van der Waals surface area (Å²) in [5.41, 5.74) is 1.10. The molecule has 0 amide bonds. The molecule has 1 rings (SSSR count). The van der Waals surface area contributed by atoms with Crippen LogP contribution >= 0.6 is 35.9 Å². The summed E-state index contributed by atoms with van der Waals surface area (Å²) in [6, 6.07) is 9.84. The summed E-state index contributed by atoms with van der Waals surface area (Å²) in [6.07, 6.45) is 0.437. The summed E-state index contributed by atoms with van der Waals surface area (Å²) in [7, 11) is 0. The minimum atomic E-state index is -3.13. The van der Waals surface area contributed by atoms with Crippen molar-refractivity contribution in [3.8, 4) is 0 Å². The van der Waals surface area contributed by atoms with Crippen molar-refractivity contribution in [2.75, 3.05) is 38.6 Å². The molecule has 0 aliphatic rings. The Morgan fingerprint density at radius 3 is 1.79 bits per heavy atom. The molecule has 138 valence electrons. The van der Waals surface area contributed by atoms with E-state index in [2.05, 4.69) is 0 Å². The smallest absolute Gasteiger partial charge is 0.291 e. The Bertz CT molecular complexity index is 544. The van der Waals surface area contributed by atoms with Gasteiger partial charge in [-0.2, -0.15) is 0 Å². The van der Waals surface area contributed by atoms with Gasteiger partial charge in [0.1, 0.15) is 0 Å². The summed E-state index contributed by atoms with van der Waals surface area (Å²) in [5.74, 6) is 0. The Hall–Kier alpha value is 0.140. The van der Waals surface area contributed by atoms with Crippen LogP contribution in [0.15, 0.2) is 30.3 Å². The van der Waals surface area contributed by atoms with E-state index in [1.807, 2.05) is 35.2 Å². The highest BCUT2D eigenvalue weighted by Crippen LogP contribution is 2.53. The van der Waals surface area contributed by atoms with Crippen LogP contribution in [-0.4, -0.2) is 43.5 Å². The SMILES string of the molecule is CCOP(=O)(Cl)CCN(CCP(=O)(Cl)OCC)Cc1ccccc1. The van der Waals surface area contributed by atoms with Crippen molar-refractivity contribution in [1.82, 2.24) is 4.90 Å². The van der Waals surface area contributed by atoms with Crippen LogP contribution in [0.4, 0.5) is 0 Å². The molecule has 5 nitrogen and oxygen atoms in total. The van der Waals surface area contributed by atoms with E-state index in [0.717, 1.165) is 5.56 Å².